The molecular weight excluding hydrogens is 292 g/mol. The number of hydrogen-bond acceptors (Lipinski definition) is 4. The summed E-state index contributed by atoms with van der Waals surface area (Å²) in [7, 11) is 0. The van der Waals surface area contributed by atoms with Crippen molar-refractivity contribution in [2.24, 2.45) is 0 Å². The number of carbonyl (C=O) groups excluding carboxylic acids is 2. The van der Waals surface area contributed by atoms with Crippen molar-refractivity contribution < 1.29 is 19.1 Å². The van der Waals surface area contributed by atoms with Crippen LogP contribution >= 0.6 is 0 Å². The molecule has 0 aromatic heterocycles. The second-order valence-electron chi connectivity index (χ2n) is 5.77. The van der Waals surface area contributed by atoms with Crippen LogP contribution in [0.4, 0.5) is 0 Å². The fourth-order valence-electron chi connectivity index (χ4n) is 3.25. The van der Waals surface area contributed by atoms with E-state index in [1.54, 1.807) is 0 Å². The van der Waals surface area contributed by atoms with Gasteiger partial charge >= 0.3 is 11.8 Å². The Morgan fingerprint density at radius 1 is 0.957 bits per heavy atom. The molecule has 0 aliphatic carbocycles. The van der Waals surface area contributed by atoms with Gasteiger partial charge in [-0.25, -0.2) is 0 Å². The molecule has 3 aromatic rings. The zero-order chi connectivity index (χ0) is 16.2. The van der Waals surface area contributed by atoms with Crippen LogP contribution in [0.5, 0.6) is 5.75 Å². The highest BCUT2D eigenvalue weighted by Gasteiger charge is 2.49. The van der Waals surface area contributed by atoms with Crippen LogP contribution in [-0.2, 0) is 9.53 Å². The summed E-state index contributed by atoms with van der Waals surface area (Å²) >= 11 is 0. The van der Waals surface area contributed by atoms with Crippen molar-refractivity contribution >= 4 is 33.3 Å². The first-order chi connectivity index (χ1) is 11.0. The molecule has 4 heteroatoms. The lowest BCUT2D eigenvalue weighted by Crippen LogP contribution is -2.41. The number of fused-ring (bicyclic) bond motifs is 6. The topological polar surface area (TPSA) is 52.6 Å². The van der Waals surface area contributed by atoms with Crippen LogP contribution in [0.2, 0.25) is 0 Å². The molecule has 1 unspecified atom stereocenters. The molecule has 1 aliphatic heterocycles. The van der Waals surface area contributed by atoms with E-state index in [4.69, 9.17) is 9.47 Å². The van der Waals surface area contributed by atoms with E-state index in [-0.39, 0.29) is 5.78 Å². The highest BCUT2D eigenvalue weighted by atomic mass is 16.7. The zero-order valence-electron chi connectivity index (χ0n) is 12.8. The minimum atomic E-state index is -1.61. The SMILES string of the molecule is CC(=O)OC1(C)Oc2c(c3ccccc3c3ccccc23)C1=O. The predicted molar refractivity (Wildman–Crippen MR) is 86.6 cm³/mol. The summed E-state index contributed by atoms with van der Waals surface area (Å²) < 4.78 is 11.0. The first-order valence-electron chi connectivity index (χ1n) is 7.38. The molecule has 1 heterocycles. The normalized spacial score (nSPS) is 19.7. The van der Waals surface area contributed by atoms with E-state index < -0.39 is 11.8 Å². The molecule has 4 rings (SSSR count). The summed E-state index contributed by atoms with van der Waals surface area (Å²) in [6.07, 6.45) is 0. The third kappa shape index (κ3) is 1.84. The van der Waals surface area contributed by atoms with Crippen LogP contribution in [0.1, 0.15) is 24.2 Å². The number of Topliss-reactive ketones (excluding diaryl/α,β-unsaturated/α-hetero) is 1. The van der Waals surface area contributed by atoms with E-state index in [1.165, 1.54) is 13.8 Å². The first kappa shape index (κ1) is 13.8. The molecule has 0 spiro atoms. The van der Waals surface area contributed by atoms with Crippen LogP contribution in [0.15, 0.2) is 48.5 Å². The lowest BCUT2D eigenvalue weighted by Gasteiger charge is -2.21. The summed E-state index contributed by atoms with van der Waals surface area (Å²) in [4.78, 5) is 24.3. The first-order valence-corrected chi connectivity index (χ1v) is 7.38. The van der Waals surface area contributed by atoms with Gasteiger partial charge in [-0.1, -0.05) is 48.5 Å². The Bertz CT molecular complexity index is 989. The molecular formula is C19H14O4. The van der Waals surface area contributed by atoms with Gasteiger partial charge in [-0.3, -0.25) is 9.59 Å². The second-order valence-corrected chi connectivity index (χ2v) is 5.77. The van der Waals surface area contributed by atoms with E-state index >= 15 is 0 Å². The van der Waals surface area contributed by atoms with Gasteiger partial charge in [0, 0.05) is 19.2 Å². The van der Waals surface area contributed by atoms with E-state index in [2.05, 4.69) is 0 Å². The molecule has 0 saturated heterocycles. The van der Waals surface area contributed by atoms with Gasteiger partial charge in [0.2, 0.25) is 0 Å². The molecule has 0 fully saturated rings. The summed E-state index contributed by atoms with van der Waals surface area (Å²) in [6, 6.07) is 15.4. The molecule has 0 radical (unpaired) electrons. The van der Waals surface area contributed by atoms with Gasteiger partial charge in [0.05, 0.1) is 5.56 Å². The Morgan fingerprint density at radius 2 is 1.48 bits per heavy atom. The summed E-state index contributed by atoms with van der Waals surface area (Å²) in [6.45, 7) is 2.75. The van der Waals surface area contributed by atoms with Gasteiger partial charge in [-0.05, 0) is 16.2 Å². The number of rotatable bonds is 1. The molecule has 0 amide bonds. The Morgan fingerprint density at radius 3 is 2.09 bits per heavy atom. The van der Waals surface area contributed by atoms with Crippen molar-refractivity contribution in [1.29, 1.82) is 0 Å². The largest absolute Gasteiger partial charge is 0.444 e. The Balaban J connectivity index is 2.11. The molecule has 1 atom stereocenters. The van der Waals surface area contributed by atoms with E-state index in [9.17, 15) is 9.59 Å². The monoisotopic (exact) mass is 306 g/mol. The number of esters is 1. The number of ether oxygens (including phenoxy) is 2. The van der Waals surface area contributed by atoms with Crippen LogP contribution in [0.25, 0.3) is 21.5 Å². The Hall–Kier alpha value is -2.88. The molecule has 3 aromatic carbocycles. The van der Waals surface area contributed by atoms with Crippen molar-refractivity contribution in [3.05, 3.63) is 54.1 Å². The molecule has 0 bridgehead atoms. The maximum absolute atomic E-state index is 12.9. The van der Waals surface area contributed by atoms with E-state index in [0.29, 0.717) is 11.3 Å². The van der Waals surface area contributed by atoms with Crippen molar-refractivity contribution in [3.8, 4) is 5.75 Å². The predicted octanol–water partition coefficient (Wildman–Crippen LogP) is 3.85. The Labute approximate surface area is 132 Å². The average Bonchev–Trinajstić information content (AvgIpc) is 2.79. The fraction of sp³-hybridized carbons (Fsp3) is 0.158. The number of hydrogen-bond donors (Lipinski definition) is 0. The van der Waals surface area contributed by atoms with E-state index in [0.717, 1.165) is 21.5 Å². The van der Waals surface area contributed by atoms with Crippen molar-refractivity contribution in [3.63, 3.8) is 0 Å². The molecule has 4 nitrogen and oxygen atoms in total. The maximum atomic E-state index is 12.9. The molecule has 1 aliphatic rings. The molecule has 23 heavy (non-hydrogen) atoms. The van der Waals surface area contributed by atoms with Crippen LogP contribution in [0.3, 0.4) is 0 Å². The number of benzene rings is 3. The Kier molecular flexibility index (Phi) is 2.73. The smallest absolute Gasteiger partial charge is 0.315 e. The fourth-order valence-corrected chi connectivity index (χ4v) is 3.25. The second kappa shape index (κ2) is 4.56. The minimum absolute atomic E-state index is 0.329. The highest BCUT2D eigenvalue weighted by Crippen LogP contribution is 2.45. The van der Waals surface area contributed by atoms with E-state index in [1.807, 2.05) is 48.5 Å². The summed E-state index contributed by atoms with van der Waals surface area (Å²) in [5.41, 5.74) is 0.475. The number of ketones is 1. The maximum Gasteiger partial charge on any atom is 0.315 e. The minimum Gasteiger partial charge on any atom is -0.444 e. The molecule has 0 N–H and O–H groups in total. The van der Waals surface area contributed by atoms with Crippen molar-refractivity contribution in [1.82, 2.24) is 0 Å². The van der Waals surface area contributed by atoms with Gasteiger partial charge in [0.25, 0.3) is 5.78 Å². The lowest BCUT2D eigenvalue weighted by molar-refractivity contribution is -0.172. The van der Waals surface area contributed by atoms with Gasteiger partial charge < -0.3 is 9.47 Å². The standard InChI is InChI=1S/C19H14O4/c1-11(20)22-19(2)18(21)16-14-9-5-3-7-12(14)13-8-4-6-10-15(13)17(16)23-19/h3-10H,1-2H3. The van der Waals surface area contributed by atoms with Crippen molar-refractivity contribution in [2.75, 3.05) is 0 Å². The van der Waals surface area contributed by atoms with Gasteiger partial charge in [0.1, 0.15) is 5.75 Å². The quantitative estimate of drug-likeness (QED) is 0.506. The third-order valence-corrected chi connectivity index (χ3v) is 4.16. The average molecular weight is 306 g/mol. The highest BCUT2D eigenvalue weighted by molar-refractivity contribution is 6.24. The molecule has 114 valence electrons. The van der Waals surface area contributed by atoms with Gasteiger partial charge in [0.15, 0.2) is 0 Å². The van der Waals surface area contributed by atoms with Crippen molar-refractivity contribution in [2.45, 2.75) is 19.6 Å². The lowest BCUT2D eigenvalue weighted by atomic mass is 9.94. The van der Waals surface area contributed by atoms with Crippen LogP contribution in [-0.4, -0.2) is 17.5 Å². The molecule has 0 saturated carbocycles. The summed E-state index contributed by atoms with van der Waals surface area (Å²) in [5.74, 6) is -2.01. The van der Waals surface area contributed by atoms with Gasteiger partial charge in [-0.15, -0.1) is 0 Å². The summed E-state index contributed by atoms with van der Waals surface area (Å²) in [5, 5.41) is 3.63. The zero-order valence-corrected chi connectivity index (χ0v) is 12.8. The van der Waals surface area contributed by atoms with Crippen LogP contribution in [0, 0.1) is 0 Å². The number of carbonyl (C=O) groups is 2. The van der Waals surface area contributed by atoms with Gasteiger partial charge in [-0.2, -0.15) is 0 Å². The van der Waals surface area contributed by atoms with Crippen LogP contribution < -0.4 is 4.74 Å². The third-order valence-electron chi connectivity index (χ3n) is 4.16.